The van der Waals surface area contributed by atoms with Crippen molar-refractivity contribution in [2.45, 2.75) is 0 Å². The van der Waals surface area contributed by atoms with Gasteiger partial charge in [0.15, 0.2) is 0 Å². The molecule has 56 heavy (non-hydrogen) atoms. The monoisotopic (exact) mass is 713 g/mol. The minimum atomic E-state index is 0.884. The third-order valence-corrected chi connectivity index (χ3v) is 11.3. The van der Waals surface area contributed by atoms with Crippen molar-refractivity contribution >= 4 is 71.3 Å². The quantitative estimate of drug-likeness (QED) is 0.160. The summed E-state index contributed by atoms with van der Waals surface area (Å²) in [5.41, 5.74) is 12.1. The fraction of sp³-hybridized carbons (Fsp3) is 0. The van der Waals surface area contributed by atoms with Gasteiger partial charge in [-0.3, -0.25) is 0 Å². The molecule has 11 rings (SSSR count). The summed E-state index contributed by atoms with van der Waals surface area (Å²) in [7, 11) is 0. The maximum Gasteiger partial charge on any atom is 0.143 e. The molecule has 0 atom stereocenters. The number of fused-ring (bicyclic) bond motifs is 8. The molecule has 2 heteroatoms. The van der Waals surface area contributed by atoms with Gasteiger partial charge in [-0.15, -0.1) is 0 Å². The maximum atomic E-state index is 6.64. The van der Waals surface area contributed by atoms with Gasteiger partial charge in [0.25, 0.3) is 0 Å². The molecule has 0 saturated carbocycles. The highest BCUT2D eigenvalue weighted by Gasteiger charge is 2.19. The van der Waals surface area contributed by atoms with Crippen molar-refractivity contribution in [2.24, 2.45) is 0 Å². The van der Waals surface area contributed by atoms with Gasteiger partial charge in [-0.05, 0) is 109 Å². The highest BCUT2D eigenvalue weighted by Crippen LogP contribution is 2.44. The van der Waals surface area contributed by atoms with Gasteiger partial charge in [0, 0.05) is 33.1 Å². The second-order valence-corrected chi connectivity index (χ2v) is 14.5. The number of nitrogens with zero attached hydrogens (tertiary/aromatic N) is 1. The van der Waals surface area contributed by atoms with Crippen molar-refractivity contribution in [1.29, 1.82) is 0 Å². The molecule has 0 radical (unpaired) electrons. The minimum Gasteiger partial charge on any atom is -0.455 e. The van der Waals surface area contributed by atoms with E-state index >= 15 is 0 Å². The zero-order valence-electron chi connectivity index (χ0n) is 30.6. The number of rotatable bonds is 6. The van der Waals surface area contributed by atoms with Crippen LogP contribution in [0.2, 0.25) is 0 Å². The lowest BCUT2D eigenvalue weighted by Crippen LogP contribution is -2.11. The summed E-state index contributed by atoms with van der Waals surface area (Å²) < 4.78 is 6.64. The van der Waals surface area contributed by atoms with E-state index in [9.17, 15) is 0 Å². The molecule has 0 unspecified atom stereocenters. The second-order valence-electron chi connectivity index (χ2n) is 14.5. The Morgan fingerprint density at radius 1 is 0.304 bits per heavy atom. The molecular formula is C54H35NO. The van der Waals surface area contributed by atoms with Gasteiger partial charge in [0.05, 0.1) is 5.69 Å². The van der Waals surface area contributed by atoms with Crippen molar-refractivity contribution in [3.05, 3.63) is 212 Å². The van der Waals surface area contributed by atoms with Gasteiger partial charge in [0.2, 0.25) is 0 Å². The second kappa shape index (κ2) is 13.2. The molecule has 0 aliphatic rings. The van der Waals surface area contributed by atoms with Crippen LogP contribution < -0.4 is 4.90 Å². The van der Waals surface area contributed by atoms with E-state index < -0.39 is 0 Å². The molecule has 0 spiro atoms. The summed E-state index contributed by atoms with van der Waals surface area (Å²) >= 11 is 0. The van der Waals surface area contributed by atoms with Crippen LogP contribution in [0.25, 0.3) is 87.6 Å². The molecule has 0 N–H and O–H groups in total. The van der Waals surface area contributed by atoms with E-state index in [0.717, 1.165) is 55.5 Å². The largest absolute Gasteiger partial charge is 0.455 e. The van der Waals surface area contributed by atoms with Gasteiger partial charge in [-0.2, -0.15) is 0 Å². The van der Waals surface area contributed by atoms with Crippen LogP contribution in [0.4, 0.5) is 17.1 Å². The highest BCUT2D eigenvalue weighted by atomic mass is 16.3. The van der Waals surface area contributed by atoms with Crippen LogP contribution in [0.15, 0.2) is 217 Å². The number of anilines is 3. The molecule has 0 aliphatic carbocycles. The average molecular weight is 714 g/mol. The van der Waals surface area contributed by atoms with E-state index in [-0.39, 0.29) is 0 Å². The van der Waals surface area contributed by atoms with Crippen LogP contribution in [0.3, 0.4) is 0 Å². The molecule has 1 aromatic heterocycles. The van der Waals surface area contributed by atoms with Crippen molar-refractivity contribution in [2.75, 3.05) is 4.90 Å². The SMILES string of the molecule is c1ccc(-c2ccc(N(c3ccc(-c4ccc5c(ccc6ccccc65)c4)cc3)c3ccccc3-c3ccc4c(c3)oc3c5ccccc5ccc43)cc2)cc1. The van der Waals surface area contributed by atoms with Crippen LogP contribution in [0.1, 0.15) is 0 Å². The maximum absolute atomic E-state index is 6.64. The van der Waals surface area contributed by atoms with Crippen LogP contribution >= 0.6 is 0 Å². The third-order valence-electron chi connectivity index (χ3n) is 11.3. The topological polar surface area (TPSA) is 16.4 Å². The molecule has 0 amide bonds. The van der Waals surface area contributed by atoms with E-state index in [0.29, 0.717) is 0 Å². The summed E-state index contributed by atoms with van der Waals surface area (Å²) in [6.45, 7) is 0. The Morgan fingerprint density at radius 2 is 0.821 bits per heavy atom. The Labute approximate surface area is 325 Å². The molecule has 0 saturated heterocycles. The average Bonchev–Trinajstić information content (AvgIpc) is 3.66. The van der Waals surface area contributed by atoms with Gasteiger partial charge >= 0.3 is 0 Å². The molecule has 10 aromatic carbocycles. The smallest absolute Gasteiger partial charge is 0.143 e. The zero-order chi connectivity index (χ0) is 37.0. The third kappa shape index (κ3) is 5.42. The van der Waals surface area contributed by atoms with Crippen molar-refractivity contribution in [3.8, 4) is 33.4 Å². The Bertz CT molecular complexity index is 3230. The van der Waals surface area contributed by atoms with E-state index in [1.165, 1.54) is 49.2 Å². The van der Waals surface area contributed by atoms with Gasteiger partial charge in [0.1, 0.15) is 11.2 Å². The lowest BCUT2D eigenvalue weighted by molar-refractivity contribution is 0.673. The van der Waals surface area contributed by atoms with Gasteiger partial charge < -0.3 is 9.32 Å². The first-order valence-corrected chi connectivity index (χ1v) is 19.2. The molecule has 0 bridgehead atoms. The summed E-state index contributed by atoms with van der Waals surface area (Å²) in [5.74, 6) is 0. The Hall–Kier alpha value is -7.42. The van der Waals surface area contributed by atoms with E-state index in [2.05, 4.69) is 217 Å². The summed E-state index contributed by atoms with van der Waals surface area (Å²) in [6, 6.07) is 76.5. The van der Waals surface area contributed by atoms with Crippen LogP contribution in [0.5, 0.6) is 0 Å². The van der Waals surface area contributed by atoms with Crippen molar-refractivity contribution < 1.29 is 4.42 Å². The van der Waals surface area contributed by atoms with Gasteiger partial charge in [-0.1, -0.05) is 158 Å². The summed E-state index contributed by atoms with van der Waals surface area (Å²) in [6.07, 6.45) is 0. The lowest BCUT2D eigenvalue weighted by atomic mass is 9.97. The molecule has 0 aliphatic heterocycles. The first-order valence-electron chi connectivity index (χ1n) is 19.2. The molecule has 262 valence electrons. The number of para-hydroxylation sites is 1. The first-order chi connectivity index (χ1) is 27.7. The molecule has 11 aromatic rings. The molecule has 0 fully saturated rings. The Balaban J connectivity index is 1.03. The number of hydrogen-bond donors (Lipinski definition) is 0. The minimum absolute atomic E-state index is 0.884. The number of furan rings is 1. The molecule has 2 nitrogen and oxygen atoms in total. The number of hydrogen-bond acceptors (Lipinski definition) is 2. The van der Waals surface area contributed by atoms with Gasteiger partial charge in [-0.25, -0.2) is 0 Å². The Morgan fingerprint density at radius 3 is 1.61 bits per heavy atom. The number of benzene rings is 10. The van der Waals surface area contributed by atoms with E-state index in [4.69, 9.17) is 4.42 Å². The van der Waals surface area contributed by atoms with Crippen LogP contribution in [0, 0.1) is 0 Å². The normalized spacial score (nSPS) is 11.6. The van der Waals surface area contributed by atoms with E-state index in [1.807, 2.05) is 0 Å². The van der Waals surface area contributed by atoms with E-state index in [1.54, 1.807) is 0 Å². The lowest BCUT2D eigenvalue weighted by Gasteiger charge is -2.28. The summed E-state index contributed by atoms with van der Waals surface area (Å²) in [5, 5.41) is 9.64. The first kappa shape index (κ1) is 32.0. The highest BCUT2D eigenvalue weighted by molar-refractivity contribution is 6.15. The Kier molecular flexibility index (Phi) is 7.53. The van der Waals surface area contributed by atoms with Crippen LogP contribution in [-0.2, 0) is 0 Å². The molecular weight excluding hydrogens is 679 g/mol. The van der Waals surface area contributed by atoms with Crippen LogP contribution in [-0.4, -0.2) is 0 Å². The predicted molar refractivity (Wildman–Crippen MR) is 237 cm³/mol. The summed E-state index contributed by atoms with van der Waals surface area (Å²) in [4.78, 5) is 2.37. The molecule has 1 heterocycles. The zero-order valence-corrected chi connectivity index (χ0v) is 30.6. The predicted octanol–water partition coefficient (Wildman–Crippen LogP) is 15.5. The van der Waals surface area contributed by atoms with Crippen molar-refractivity contribution in [1.82, 2.24) is 0 Å². The fourth-order valence-electron chi connectivity index (χ4n) is 8.44. The standard InChI is InChI=1S/C54H35NO/c1-2-10-36(11-3-1)37-20-27-44(28-21-37)55(45-29-22-38(23-30-45)41-25-31-47-42(34-41)19-18-39-12-4-6-14-46(39)47)52-17-9-8-15-48(52)43-26-32-50-51-33-24-40-13-5-7-16-49(40)54(51)56-53(50)35-43/h1-35H. The van der Waals surface area contributed by atoms with Crippen molar-refractivity contribution in [3.63, 3.8) is 0 Å². The fourth-order valence-corrected chi connectivity index (χ4v) is 8.44.